The maximum Gasteiger partial charge on any atom is 0.229 e. The standard InChI is InChI=1S/C25H33FN8O/c1-17(35)21-12-19-14-28-25(31-23(19)24(29-21)34-7-3-4-20(26)16-34)30-22-6-5-18(13-27-22)15-33-10-8-32(2)9-11-33/h5-6,12-14,17,20,35H,3-4,7-11,15-16H2,1-2H3,(H,27,28,30,31)/t17?,20-/m0/s1. The molecular formula is C25H33FN8O. The molecule has 5 rings (SSSR count). The Balaban J connectivity index is 1.36. The van der Waals surface area contributed by atoms with Crippen LogP contribution >= 0.6 is 0 Å². The number of nitrogens with one attached hydrogen (secondary N) is 1. The van der Waals surface area contributed by atoms with E-state index in [0.29, 0.717) is 41.8 Å². The van der Waals surface area contributed by atoms with E-state index in [1.807, 2.05) is 17.2 Å². The molecule has 0 aliphatic carbocycles. The van der Waals surface area contributed by atoms with E-state index >= 15 is 0 Å². The zero-order chi connectivity index (χ0) is 24.4. The number of anilines is 3. The third kappa shape index (κ3) is 5.66. The number of halogens is 1. The van der Waals surface area contributed by atoms with Crippen LogP contribution < -0.4 is 10.2 Å². The van der Waals surface area contributed by atoms with Crippen molar-refractivity contribution in [1.29, 1.82) is 0 Å². The van der Waals surface area contributed by atoms with Crippen molar-refractivity contribution in [3.8, 4) is 0 Å². The number of likely N-dealkylation sites (N-methyl/N-ethyl adjacent to an activating group) is 1. The Morgan fingerprint density at radius 3 is 2.66 bits per heavy atom. The van der Waals surface area contributed by atoms with Crippen molar-refractivity contribution < 1.29 is 9.50 Å². The molecule has 0 spiro atoms. The Kier molecular flexibility index (Phi) is 7.03. The van der Waals surface area contributed by atoms with Gasteiger partial charge in [0.15, 0.2) is 5.82 Å². The SMILES string of the molecule is CC(O)c1cc2cnc(Nc3ccc(CN4CCN(C)CC4)cn3)nc2c(N2CCC[C@H](F)C2)n1. The van der Waals surface area contributed by atoms with Gasteiger partial charge in [0, 0.05) is 57.0 Å². The van der Waals surface area contributed by atoms with Crippen molar-refractivity contribution in [2.24, 2.45) is 0 Å². The topological polar surface area (TPSA) is 93.5 Å². The van der Waals surface area contributed by atoms with E-state index in [1.165, 1.54) is 5.56 Å². The number of aliphatic hydroxyl groups excluding tert-OH is 1. The second kappa shape index (κ2) is 10.3. The molecule has 3 aromatic rings. The van der Waals surface area contributed by atoms with Crippen LogP contribution in [0.4, 0.5) is 22.0 Å². The van der Waals surface area contributed by atoms with Crippen molar-refractivity contribution >= 4 is 28.5 Å². The number of alkyl halides is 1. The fourth-order valence-electron chi connectivity index (χ4n) is 4.63. The highest BCUT2D eigenvalue weighted by Crippen LogP contribution is 2.30. The first-order chi connectivity index (χ1) is 16.9. The third-order valence-electron chi connectivity index (χ3n) is 6.73. The molecule has 0 bridgehead atoms. The lowest BCUT2D eigenvalue weighted by Crippen LogP contribution is -2.43. The quantitative estimate of drug-likeness (QED) is 0.552. The molecule has 3 aromatic heterocycles. The Bertz CT molecular complexity index is 1150. The first-order valence-electron chi connectivity index (χ1n) is 12.3. The van der Waals surface area contributed by atoms with Gasteiger partial charge >= 0.3 is 0 Å². The van der Waals surface area contributed by atoms with Crippen LogP contribution in [0, 0.1) is 0 Å². The lowest BCUT2D eigenvalue weighted by atomic mass is 10.1. The minimum absolute atomic E-state index is 0.272. The van der Waals surface area contributed by atoms with E-state index < -0.39 is 12.3 Å². The zero-order valence-corrected chi connectivity index (χ0v) is 20.4. The van der Waals surface area contributed by atoms with Gasteiger partial charge in [-0.05, 0) is 44.5 Å². The lowest BCUT2D eigenvalue weighted by molar-refractivity contribution is 0.148. The number of piperidine rings is 1. The van der Waals surface area contributed by atoms with E-state index in [1.54, 1.807) is 19.2 Å². The van der Waals surface area contributed by atoms with E-state index in [9.17, 15) is 9.50 Å². The summed E-state index contributed by atoms with van der Waals surface area (Å²) in [6.07, 6.45) is 3.27. The van der Waals surface area contributed by atoms with Gasteiger partial charge in [-0.3, -0.25) is 4.90 Å². The summed E-state index contributed by atoms with van der Waals surface area (Å²) in [5, 5.41) is 14.1. The van der Waals surface area contributed by atoms with Crippen molar-refractivity contribution in [1.82, 2.24) is 29.7 Å². The summed E-state index contributed by atoms with van der Waals surface area (Å²) in [7, 11) is 2.16. The minimum Gasteiger partial charge on any atom is -0.387 e. The maximum absolute atomic E-state index is 14.2. The van der Waals surface area contributed by atoms with Gasteiger partial charge in [0.25, 0.3) is 0 Å². The second-order valence-corrected chi connectivity index (χ2v) is 9.62. The smallest absolute Gasteiger partial charge is 0.229 e. The molecule has 10 heteroatoms. The normalized spacial score (nSPS) is 20.8. The molecule has 2 N–H and O–H groups in total. The minimum atomic E-state index is -0.899. The molecule has 0 radical (unpaired) electrons. The number of aliphatic hydroxyl groups is 1. The summed E-state index contributed by atoms with van der Waals surface area (Å²) in [5.41, 5.74) is 2.32. The van der Waals surface area contributed by atoms with Crippen LogP contribution in [0.1, 0.15) is 37.1 Å². The van der Waals surface area contributed by atoms with Crippen LogP contribution in [0.2, 0.25) is 0 Å². The van der Waals surface area contributed by atoms with E-state index in [4.69, 9.17) is 4.98 Å². The molecule has 2 aliphatic rings. The molecule has 2 fully saturated rings. The number of hydrogen-bond donors (Lipinski definition) is 2. The Labute approximate surface area is 205 Å². The van der Waals surface area contributed by atoms with E-state index in [2.05, 4.69) is 43.2 Å². The molecule has 2 saturated heterocycles. The summed E-state index contributed by atoms with van der Waals surface area (Å²) >= 11 is 0. The number of rotatable bonds is 6. The van der Waals surface area contributed by atoms with Gasteiger partial charge < -0.3 is 20.2 Å². The fourth-order valence-corrected chi connectivity index (χ4v) is 4.63. The molecule has 0 aromatic carbocycles. The highest BCUT2D eigenvalue weighted by Gasteiger charge is 2.24. The van der Waals surface area contributed by atoms with Gasteiger partial charge in [-0.2, -0.15) is 0 Å². The van der Waals surface area contributed by atoms with Crippen LogP contribution in [0.25, 0.3) is 10.9 Å². The van der Waals surface area contributed by atoms with Crippen molar-refractivity contribution in [2.45, 2.75) is 38.6 Å². The third-order valence-corrected chi connectivity index (χ3v) is 6.73. The number of piperazine rings is 1. The van der Waals surface area contributed by atoms with Gasteiger partial charge in [0.1, 0.15) is 17.5 Å². The molecule has 5 heterocycles. The number of aromatic nitrogens is 4. The number of pyridine rings is 2. The number of nitrogens with zero attached hydrogens (tertiary/aromatic N) is 7. The highest BCUT2D eigenvalue weighted by atomic mass is 19.1. The average molecular weight is 481 g/mol. The van der Waals surface area contributed by atoms with Crippen molar-refractivity contribution in [2.75, 3.05) is 56.5 Å². The molecule has 9 nitrogen and oxygen atoms in total. The predicted molar refractivity (Wildman–Crippen MR) is 135 cm³/mol. The molecule has 1 unspecified atom stereocenters. The Morgan fingerprint density at radius 1 is 1.11 bits per heavy atom. The number of hydrogen-bond acceptors (Lipinski definition) is 9. The van der Waals surface area contributed by atoms with Crippen LogP contribution in [0.5, 0.6) is 0 Å². The molecular weight excluding hydrogens is 447 g/mol. The summed E-state index contributed by atoms with van der Waals surface area (Å²) in [6, 6.07) is 5.80. The molecule has 2 aliphatic heterocycles. The molecule has 0 saturated carbocycles. The first kappa shape index (κ1) is 23.8. The second-order valence-electron chi connectivity index (χ2n) is 9.62. The predicted octanol–water partition coefficient (Wildman–Crippen LogP) is 2.90. The first-order valence-corrected chi connectivity index (χ1v) is 12.3. The monoisotopic (exact) mass is 480 g/mol. The Morgan fingerprint density at radius 2 is 1.94 bits per heavy atom. The van der Waals surface area contributed by atoms with Crippen LogP contribution in [-0.4, -0.2) is 87.3 Å². The summed E-state index contributed by atoms with van der Waals surface area (Å²) in [5.74, 6) is 1.64. The largest absolute Gasteiger partial charge is 0.387 e. The van der Waals surface area contributed by atoms with Crippen molar-refractivity contribution in [3.63, 3.8) is 0 Å². The summed E-state index contributed by atoms with van der Waals surface area (Å²) < 4.78 is 14.2. The molecule has 186 valence electrons. The summed E-state index contributed by atoms with van der Waals surface area (Å²) in [6.45, 7) is 7.84. The molecule has 0 amide bonds. The lowest BCUT2D eigenvalue weighted by Gasteiger charge is -2.32. The Hall–Kier alpha value is -2.95. The zero-order valence-electron chi connectivity index (χ0n) is 20.4. The molecule has 35 heavy (non-hydrogen) atoms. The average Bonchev–Trinajstić information content (AvgIpc) is 2.86. The number of fused-ring (bicyclic) bond motifs is 1. The van der Waals surface area contributed by atoms with E-state index in [-0.39, 0.29) is 6.54 Å². The maximum atomic E-state index is 14.2. The van der Waals surface area contributed by atoms with Gasteiger partial charge in [0.05, 0.1) is 18.3 Å². The van der Waals surface area contributed by atoms with Gasteiger partial charge in [0.2, 0.25) is 5.95 Å². The van der Waals surface area contributed by atoms with Crippen LogP contribution in [0.15, 0.2) is 30.6 Å². The molecule has 2 atom stereocenters. The van der Waals surface area contributed by atoms with Crippen LogP contribution in [0.3, 0.4) is 0 Å². The van der Waals surface area contributed by atoms with Gasteiger partial charge in [-0.25, -0.2) is 24.3 Å². The van der Waals surface area contributed by atoms with Gasteiger partial charge in [-0.1, -0.05) is 6.07 Å². The fraction of sp³-hybridized carbons (Fsp3) is 0.520. The van der Waals surface area contributed by atoms with Crippen molar-refractivity contribution in [3.05, 3.63) is 41.9 Å². The van der Waals surface area contributed by atoms with Gasteiger partial charge in [-0.15, -0.1) is 0 Å². The summed E-state index contributed by atoms with van der Waals surface area (Å²) in [4.78, 5) is 25.1. The van der Waals surface area contributed by atoms with Crippen LogP contribution in [-0.2, 0) is 6.54 Å². The van der Waals surface area contributed by atoms with E-state index in [0.717, 1.165) is 44.5 Å². The highest BCUT2D eigenvalue weighted by molar-refractivity contribution is 5.89.